The molecule has 1 fully saturated rings. The van der Waals surface area contributed by atoms with Gasteiger partial charge in [0.2, 0.25) is 5.95 Å². The Kier molecular flexibility index (Phi) is 3.24. The van der Waals surface area contributed by atoms with Crippen LogP contribution in [0.4, 0.5) is 11.8 Å². The molecule has 1 aliphatic heterocycles. The van der Waals surface area contributed by atoms with Crippen molar-refractivity contribution in [3.63, 3.8) is 0 Å². The molecule has 0 amide bonds. The number of rotatable bonds is 2. The van der Waals surface area contributed by atoms with E-state index in [-0.39, 0.29) is 0 Å². The molecular weight excluding hydrogens is 202 g/mol. The first-order valence-electron chi connectivity index (χ1n) is 5.78. The number of hydrogen-bond acceptors (Lipinski definition) is 5. The van der Waals surface area contributed by atoms with Crippen molar-refractivity contribution in [2.75, 3.05) is 36.8 Å². The van der Waals surface area contributed by atoms with Gasteiger partial charge in [0.05, 0.1) is 0 Å². The molecule has 0 aromatic carbocycles. The Balaban J connectivity index is 2.07. The van der Waals surface area contributed by atoms with Crippen molar-refractivity contribution in [3.05, 3.63) is 12.3 Å². The lowest BCUT2D eigenvalue weighted by atomic mass is 10.2. The first-order chi connectivity index (χ1) is 7.70. The summed E-state index contributed by atoms with van der Waals surface area (Å²) in [4.78, 5) is 12.9. The van der Waals surface area contributed by atoms with Crippen LogP contribution < -0.4 is 10.6 Å². The number of aromatic nitrogens is 2. The predicted molar refractivity (Wildman–Crippen MR) is 65.4 cm³/mol. The van der Waals surface area contributed by atoms with Crippen LogP contribution in [0.3, 0.4) is 0 Å². The summed E-state index contributed by atoms with van der Waals surface area (Å²) in [5, 5.41) is 0. The standard InChI is InChI=1S/C11H19N5/c1-3-15-6-7-16(8-9(15)2)10-4-5-13-11(12)14-10/h4-5,9H,3,6-8H2,1-2H3,(H2,12,13,14). The highest BCUT2D eigenvalue weighted by Crippen LogP contribution is 2.16. The van der Waals surface area contributed by atoms with Crippen LogP contribution in [0.15, 0.2) is 12.3 Å². The third-order valence-electron chi connectivity index (χ3n) is 3.15. The van der Waals surface area contributed by atoms with Crippen molar-refractivity contribution in [2.24, 2.45) is 0 Å². The van der Waals surface area contributed by atoms with Crippen LogP contribution in [0, 0.1) is 0 Å². The second-order valence-corrected chi connectivity index (χ2v) is 4.20. The third kappa shape index (κ3) is 2.24. The van der Waals surface area contributed by atoms with Gasteiger partial charge in [0.25, 0.3) is 0 Å². The predicted octanol–water partition coefficient (Wildman–Crippen LogP) is 0.589. The molecule has 1 aromatic heterocycles. The van der Waals surface area contributed by atoms with Gasteiger partial charge in [0.1, 0.15) is 5.82 Å². The van der Waals surface area contributed by atoms with Crippen molar-refractivity contribution in [1.82, 2.24) is 14.9 Å². The van der Waals surface area contributed by atoms with Gasteiger partial charge in [0, 0.05) is 31.9 Å². The van der Waals surface area contributed by atoms with Gasteiger partial charge < -0.3 is 10.6 Å². The Morgan fingerprint density at radius 2 is 2.31 bits per heavy atom. The first kappa shape index (κ1) is 11.1. The summed E-state index contributed by atoms with van der Waals surface area (Å²) >= 11 is 0. The molecule has 2 N–H and O–H groups in total. The summed E-state index contributed by atoms with van der Waals surface area (Å²) in [5.74, 6) is 1.29. The fraction of sp³-hybridized carbons (Fsp3) is 0.636. The van der Waals surface area contributed by atoms with Gasteiger partial charge >= 0.3 is 0 Å². The topological polar surface area (TPSA) is 58.3 Å². The fourth-order valence-electron chi connectivity index (χ4n) is 2.21. The number of hydrogen-bond donors (Lipinski definition) is 1. The molecular formula is C11H19N5. The van der Waals surface area contributed by atoms with Crippen molar-refractivity contribution in [2.45, 2.75) is 19.9 Å². The van der Waals surface area contributed by atoms with Gasteiger partial charge in [0.15, 0.2) is 0 Å². The molecule has 2 heterocycles. The molecule has 0 saturated carbocycles. The van der Waals surface area contributed by atoms with Crippen LogP contribution in [-0.2, 0) is 0 Å². The smallest absolute Gasteiger partial charge is 0.221 e. The van der Waals surface area contributed by atoms with Gasteiger partial charge in [-0.15, -0.1) is 0 Å². The van der Waals surface area contributed by atoms with E-state index in [2.05, 4.69) is 33.6 Å². The van der Waals surface area contributed by atoms with E-state index in [1.807, 2.05) is 6.07 Å². The number of nitrogen functional groups attached to an aromatic ring is 1. The molecule has 0 spiro atoms. The SMILES string of the molecule is CCN1CCN(c2ccnc(N)n2)CC1C. The summed E-state index contributed by atoms with van der Waals surface area (Å²) in [6, 6.07) is 2.49. The highest BCUT2D eigenvalue weighted by atomic mass is 15.3. The minimum atomic E-state index is 0.350. The quantitative estimate of drug-likeness (QED) is 0.792. The maximum absolute atomic E-state index is 5.59. The van der Waals surface area contributed by atoms with Crippen molar-refractivity contribution < 1.29 is 0 Å². The van der Waals surface area contributed by atoms with Crippen LogP contribution in [0.1, 0.15) is 13.8 Å². The minimum Gasteiger partial charge on any atom is -0.368 e. The molecule has 0 aliphatic carbocycles. The molecule has 1 saturated heterocycles. The second kappa shape index (κ2) is 4.65. The highest BCUT2D eigenvalue weighted by molar-refractivity contribution is 5.41. The van der Waals surface area contributed by atoms with Crippen LogP contribution in [0.25, 0.3) is 0 Å². The molecule has 16 heavy (non-hydrogen) atoms. The Morgan fingerprint density at radius 3 is 2.94 bits per heavy atom. The zero-order valence-electron chi connectivity index (χ0n) is 9.93. The van der Waals surface area contributed by atoms with Crippen molar-refractivity contribution in [3.8, 4) is 0 Å². The van der Waals surface area contributed by atoms with Crippen LogP contribution in [0.5, 0.6) is 0 Å². The lowest BCUT2D eigenvalue weighted by molar-refractivity contribution is 0.199. The molecule has 0 bridgehead atoms. The first-order valence-corrected chi connectivity index (χ1v) is 5.78. The van der Waals surface area contributed by atoms with Gasteiger partial charge in [-0.3, -0.25) is 4.90 Å². The zero-order valence-corrected chi connectivity index (χ0v) is 9.93. The summed E-state index contributed by atoms with van der Waals surface area (Å²) in [5.41, 5.74) is 5.59. The van der Waals surface area contributed by atoms with E-state index in [0.717, 1.165) is 32.0 Å². The van der Waals surface area contributed by atoms with Crippen LogP contribution in [-0.4, -0.2) is 47.1 Å². The Bertz CT molecular complexity index is 354. The molecule has 5 nitrogen and oxygen atoms in total. The number of nitrogens with zero attached hydrogens (tertiary/aromatic N) is 4. The Hall–Kier alpha value is -1.36. The summed E-state index contributed by atoms with van der Waals surface area (Å²) in [6.45, 7) is 8.66. The summed E-state index contributed by atoms with van der Waals surface area (Å²) in [7, 11) is 0. The minimum absolute atomic E-state index is 0.350. The van der Waals surface area contributed by atoms with E-state index < -0.39 is 0 Å². The van der Waals surface area contributed by atoms with Crippen molar-refractivity contribution >= 4 is 11.8 Å². The average Bonchev–Trinajstić information content (AvgIpc) is 2.29. The average molecular weight is 221 g/mol. The lowest BCUT2D eigenvalue weighted by Gasteiger charge is -2.39. The van der Waals surface area contributed by atoms with Crippen molar-refractivity contribution in [1.29, 1.82) is 0 Å². The molecule has 5 heteroatoms. The second-order valence-electron chi connectivity index (χ2n) is 4.20. The monoisotopic (exact) mass is 221 g/mol. The molecule has 0 radical (unpaired) electrons. The fourth-order valence-corrected chi connectivity index (χ4v) is 2.21. The summed E-state index contributed by atoms with van der Waals surface area (Å²) in [6.07, 6.45) is 1.72. The van der Waals surface area contributed by atoms with E-state index in [1.54, 1.807) is 6.20 Å². The van der Waals surface area contributed by atoms with Gasteiger partial charge in [-0.1, -0.05) is 6.92 Å². The lowest BCUT2D eigenvalue weighted by Crippen LogP contribution is -2.52. The number of likely N-dealkylation sites (N-methyl/N-ethyl adjacent to an activating group) is 1. The maximum atomic E-state index is 5.59. The van der Waals surface area contributed by atoms with E-state index in [1.165, 1.54) is 0 Å². The Morgan fingerprint density at radius 1 is 1.50 bits per heavy atom. The molecule has 1 atom stereocenters. The normalized spacial score (nSPS) is 22.4. The molecule has 1 unspecified atom stereocenters. The van der Waals surface area contributed by atoms with E-state index in [0.29, 0.717) is 12.0 Å². The number of nitrogens with two attached hydrogens (primary N) is 1. The van der Waals surface area contributed by atoms with Crippen LogP contribution in [0.2, 0.25) is 0 Å². The highest BCUT2D eigenvalue weighted by Gasteiger charge is 2.23. The van der Waals surface area contributed by atoms with Gasteiger partial charge in [-0.2, -0.15) is 4.98 Å². The number of piperazine rings is 1. The molecule has 88 valence electrons. The van der Waals surface area contributed by atoms with E-state index in [9.17, 15) is 0 Å². The number of anilines is 2. The molecule has 1 aliphatic rings. The maximum Gasteiger partial charge on any atom is 0.221 e. The largest absolute Gasteiger partial charge is 0.368 e. The summed E-state index contributed by atoms with van der Waals surface area (Å²) < 4.78 is 0. The van der Waals surface area contributed by atoms with E-state index in [4.69, 9.17) is 5.73 Å². The van der Waals surface area contributed by atoms with E-state index >= 15 is 0 Å². The third-order valence-corrected chi connectivity index (χ3v) is 3.15. The Labute approximate surface area is 96.3 Å². The van der Waals surface area contributed by atoms with Gasteiger partial charge in [-0.25, -0.2) is 4.98 Å². The molecule has 1 aromatic rings. The van der Waals surface area contributed by atoms with Crippen LogP contribution >= 0.6 is 0 Å². The molecule has 2 rings (SSSR count). The zero-order chi connectivity index (χ0) is 11.5. The van der Waals surface area contributed by atoms with Gasteiger partial charge in [-0.05, 0) is 19.5 Å².